The van der Waals surface area contributed by atoms with Crippen LogP contribution in [0.2, 0.25) is 5.02 Å². The zero-order valence-electron chi connectivity index (χ0n) is 11.0. The van der Waals surface area contributed by atoms with E-state index in [2.05, 4.69) is 18.3 Å². The summed E-state index contributed by atoms with van der Waals surface area (Å²) in [6.07, 6.45) is 4.89. The molecule has 0 saturated carbocycles. The molecule has 1 aromatic carbocycles. The van der Waals surface area contributed by atoms with Gasteiger partial charge in [-0.25, -0.2) is 0 Å². The van der Waals surface area contributed by atoms with Crippen molar-refractivity contribution in [2.45, 2.75) is 44.8 Å². The van der Waals surface area contributed by atoms with Gasteiger partial charge in [0.05, 0.1) is 6.10 Å². The van der Waals surface area contributed by atoms with Crippen molar-refractivity contribution in [1.82, 2.24) is 5.32 Å². The van der Waals surface area contributed by atoms with E-state index in [9.17, 15) is 0 Å². The molecule has 100 valence electrons. The first-order valence-corrected chi connectivity index (χ1v) is 7.27. The van der Waals surface area contributed by atoms with Gasteiger partial charge < -0.3 is 10.1 Å². The highest BCUT2D eigenvalue weighted by Crippen LogP contribution is 2.22. The maximum absolute atomic E-state index is 6.24. The minimum Gasteiger partial charge on any atom is -0.377 e. The second kappa shape index (κ2) is 7.13. The number of hydrogen-bond donors (Lipinski definition) is 1. The van der Waals surface area contributed by atoms with E-state index in [1.807, 2.05) is 18.2 Å². The van der Waals surface area contributed by atoms with Gasteiger partial charge in [-0.05, 0) is 43.9 Å². The van der Waals surface area contributed by atoms with Crippen LogP contribution in [0.5, 0.6) is 0 Å². The first-order chi connectivity index (χ1) is 8.81. The first kappa shape index (κ1) is 13.9. The summed E-state index contributed by atoms with van der Waals surface area (Å²) in [5.74, 6) is 0. The van der Waals surface area contributed by atoms with Gasteiger partial charge in [-0.1, -0.05) is 36.7 Å². The van der Waals surface area contributed by atoms with Crippen molar-refractivity contribution in [2.24, 2.45) is 0 Å². The maximum atomic E-state index is 6.24. The second-order valence-electron chi connectivity index (χ2n) is 4.86. The van der Waals surface area contributed by atoms with Crippen LogP contribution in [0.25, 0.3) is 0 Å². The van der Waals surface area contributed by atoms with Crippen LogP contribution < -0.4 is 5.32 Å². The second-order valence-corrected chi connectivity index (χ2v) is 5.27. The molecular formula is C15H22ClNO. The molecule has 2 atom stereocenters. The molecule has 2 unspecified atom stereocenters. The zero-order valence-corrected chi connectivity index (χ0v) is 11.7. The lowest BCUT2D eigenvalue weighted by molar-refractivity contribution is -0.00708. The lowest BCUT2D eigenvalue weighted by atomic mass is 9.96. The highest BCUT2D eigenvalue weighted by Gasteiger charge is 2.24. The van der Waals surface area contributed by atoms with Gasteiger partial charge in [0.2, 0.25) is 0 Å². The molecule has 1 N–H and O–H groups in total. The van der Waals surface area contributed by atoms with Crippen molar-refractivity contribution in [1.29, 1.82) is 0 Å². The highest BCUT2D eigenvalue weighted by molar-refractivity contribution is 6.31. The molecule has 0 radical (unpaired) electrons. The molecule has 18 heavy (non-hydrogen) atoms. The van der Waals surface area contributed by atoms with Crippen LogP contribution in [-0.4, -0.2) is 25.3 Å². The summed E-state index contributed by atoms with van der Waals surface area (Å²) in [5, 5.41) is 4.40. The molecule has 2 nitrogen and oxygen atoms in total. The fourth-order valence-corrected chi connectivity index (χ4v) is 2.79. The molecule has 1 aliphatic rings. The Balaban J connectivity index is 2.03. The topological polar surface area (TPSA) is 21.3 Å². The van der Waals surface area contributed by atoms with E-state index < -0.39 is 0 Å². The molecule has 0 spiro atoms. The van der Waals surface area contributed by atoms with E-state index in [1.165, 1.54) is 18.4 Å². The molecule has 0 amide bonds. The minimum atomic E-state index is 0.329. The van der Waals surface area contributed by atoms with Gasteiger partial charge in [0.15, 0.2) is 0 Å². The number of likely N-dealkylation sites (N-methyl/N-ethyl adjacent to an activating group) is 1. The Hall–Kier alpha value is -0.570. The van der Waals surface area contributed by atoms with Crippen molar-refractivity contribution in [3.63, 3.8) is 0 Å². The quantitative estimate of drug-likeness (QED) is 0.883. The standard InChI is InChI=1S/C15H22ClNO/c1-2-17-14(15-9-5-6-10-18-15)11-12-7-3-4-8-13(12)16/h3-4,7-8,14-15,17H,2,5-6,9-11H2,1H3. The Kier molecular flexibility index (Phi) is 5.48. The average molecular weight is 268 g/mol. The van der Waals surface area contributed by atoms with Crippen LogP contribution in [-0.2, 0) is 11.2 Å². The Morgan fingerprint density at radius 2 is 2.22 bits per heavy atom. The number of halogens is 1. The largest absolute Gasteiger partial charge is 0.377 e. The van der Waals surface area contributed by atoms with Gasteiger partial charge in [-0.2, -0.15) is 0 Å². The summed E-state index contributed by atoms with van der Waals surface area (Å²) in [4.78, 5) is 0. The van der Waals surface area contributed by atoms with E-state index in [0.717, 1.165) is 31.0 Å². The minimum absolute atomic E-state index is 0.329. The summed E-state index contributed by atoms with van der Waals surface area (Å²) in [6, 6.07) is 8.46. The summed E-state index contributed by atoms with van der Waals surface area (Å²) in [7, 11) is 0. The van der Waals surface area contributed by atoms with E-state index >= 15 is 0 Å². The third-order valence-electron chi connectivity index (χ3n) is 3.53. The molecule has 1 saturated heterocycles. The third kappa shape index (κ3) is 3.71. The Morgan fingerprint density at radius 1 is 1.39 bits per heavy atom. The molecule has 2 rings (SSSR count). The molecule has 1 aliphatic heterocycles. The Labute approximate surface area is 115 Å². The SMILES string of the molecule is CCNC(Cc1ccccc1Cl)C1CCCCO1. The fraction of sp³-hybridized carbons (Fsp3) is 0.600. The summed E-state index contributed by atoms with van der Waals surface area (Å²) < 4.78 is 5.90. The first-order valence-electron chi connectivity index (χ1n) is 6.89. The maximum Gasteiger partial charge on any atom is 0.0731 e. The number of rotatable bonds is 5. The molecule has 0 bridgehead atoms. The summed E-state index contributed by atoms with van der Waals surface area (Å²) in [6.45, 7) is 4.01. The molecule has 1 fully saturated rings. The van der Waals surface area contributed by atoms with Crippen LogP contribution in [0.15, 0.2) is 24.3 Å². The van der Waals surface area contributed by atoms with Crippen LogP contribution in [0.3, 0.4) is 0 Å². The summed E-state index contributed by atoms with van der Waals surface area (Å²) >= 11 is 6.24. The van der Waals surface area contributed by atoms with E-state index in [0.29, 0.717) is 12.1 Å². The molecular weight excluding hydrogens is 246 g/mol. The van der Waals surface area contributed by atoms with E-state index in [4.69, 9.17) is 16.3 Å². The van der Waals surface area contributed by atoms with Gasteiger partial charge in [0.25, 0.3) is 0 Å². The van der Waals surface area contributed by atoms with Gasteiger partial charge >= 0.3 is 0 Å². The molecule has 3 heteroatoms. The van der Waals surface area contributed by atoms with E-state index in [1.54, 1.807) is 0 Å². The molecule has 1 aromatic rings. The molecule has 0 aromatic heterocycles. The highest BCUT2D eigenvalue weighted by atomic mass is 35.5. The number of benzene rings is 1. The number of hydrogen-bond acceptors (Lipinski definition) is 2. The van der Waals surface area contributed by atoms with Crippen molar-refractivity contribution >= 4 is 11.6 Å². The lowest BCUT2D eigenvalue weighted by Crippen LogP contribution is -2.44. The Morgan fingerprint density at radius 3 is 2.89 bits per heavy atom. The van der Waals surface area contributed by atoms with Crippen LogP contribution in [0, 0.1) is 0 Å². The van der Waals surface area contributed by atoms with Crippen molar-refractivity contribution in [3.05, 3.63) is 34.9 Å². The molecule has 1 heterocycles. The van der Waals surface area contributed by atoms with Crippen molar-refractivity contribution in [3.8, 4) is 0 Å². The third-order valence-corrected chi connectivity index (χ3v) is 3.90. The number of ether oxygens (including phenoxy) is 1. The molecule has 0 aliphatic carbocycles. The number of nitrogens with one attached hydrogen (secondary N) is 1. The van der Waals surface area contributed by atoms with Crippen LogP contribution >= 0.6 is 11.6 Å². The van der Waals surface area contributed by atoms with Gasteiger partial charge in [0.1, 0.15) is 0 Å². The Bertz CT molecular complexity index is 363. The van der Waals surface area contributed by atoms with Crippen molar-refractivity contribution < 1.29 is 4.74 Å². The van der Waals surface area contributed by atoms with Gasteiger partial charge in [-0.15, -0.1) is 0 Å². The normalized spacial score (nSPS) is 21.8. The smallest absolute Gasteiger partial charge is 0.0731 e. The van der Waals surface area contributed by atoms with Crippen LogP contribution in [0.4, 0.5) is 0 Å². The van der Waals surface area contributed by atoms with Crippen molar-refractivity contribution in [2.75, 3.05) is 13.2 Å². The van der Waals surface area contributed by atoms with Gasteiger partial charge in [0, 0.05) is 17.7 Å². The lowest BCUT2D eigenvalue weighted by Gasteiger charge is -2.31. The summed E-state index contributed by atoms with van der Waals surface area (Å²) in [5.41, 5.74) is 1.21. The van der Waals surface area contributed by atoms with Gasteiger partial charge in [-0.3, -0.25) is 0 Å². The zero-order chi connectivity index (χ0) is 12.8. The fourth-order valence-electron chi connectivity index (χ4n) is 2.58. The van der Waals surface area contributed by atoms with Crippen LogP contribution in [0.1, 0.15) is 31.7 Å². The predicted octanol–water partition coefficient (Wildman–Crippen LogP) is 3.43. The average Bonchev–Trinajstić information content (AvgIpc) is 2.42. The van der Waals surface area contributed by atoms with E-state index in [-0.39, 0.29) is 0 Å². The predicted molar refractivity (Wildman–Crippen MR) is 76.2 cm³/mol. The monoisotopic (exact) mass is 267 g/mol.